The fraction of sp³-hybridized carbons (Fsp3) is 0.692. The van der Waals surface area contributed by atoms with Gasteiger partial charge in [-0.05, 0) is 24.7 Å². The van der Waals surface area contributed by atoms with Gasteiger partial charge in [0.25, 0.3) is 5.91 Å². The first-order valence-electron chi connectivity index (χ1n) is 6.63. The van der Waals surface area contributed by atoms with E-state index in [0.29, 0.717) is 18.7 Å². The molecular weight excluding hydrogens is 262 g/mol. The Balaban J connectivity index is 2.61. The first-order valence-corrected chi connectivity index (χ1v) is 7.51. The van der Waals surface area contributed by atoms with Crippen LogP contribution in [-0.4, -0.2) is 36.2 Å². The molecule has 0 aromatic carbocycles. The van der Waals surface area contributed by atoms with Crippen LogP contribution in [0.5, 0.6) is 0 Å². The fourth-order valence-electron chi connectivity index (χ4n) is 2.03. The van der Waals surface area contributed by atoms with Gasteiger partial charge in [0.1, 0.15) is 5.69 Å². The summed E-state index contributed by atoms with van der Waals surface area (Å²) in [7, 11) is 1.78. The summed E-state index contributed by atoms with van der Waals surface area (Å²) in [6.45, 7) is 4.91. The lowest BCUT2D eigenvalue weighted by atomic mass is 9.79. The minimum atomic E-state index is -0.151. The molecule has 6 heteroatoms. The van der Waals surface area contributed by atoms with Gasteiger partial charge < -0.3 is 15.7 Å². The van der Waals surface area contributed by atoms with Gasteiger partial charge in [-0.2, -0.15) is 0 Å². The third-order valence-electron chi connectivity index (χ3n) is 3.72. The molecule has 0 spiro atoms. The number of aromatic nitrogens is 1. The van der Waals surface area contributed by atoms with Gasteiger partial charge in [-0.25, -0.2) is 4.98 Å². The van der Waals surface area contributed by atoms with E-state index in [1.54, 1.807) is 12.4 Å². The second kappa shape index (κ2) is 7.45. The van der Waals surface area contributed by atoms with Crippen molar-refractivity contribution in [3.05, 3.63) is 11.1 Å². The Morgan fingerprint density at radius 2 is 2.16 bits per heavy atom. The topological polar surface area (TPSA) is 74.2 Å². The zero-order chi connectivity index (χ0) is 14.3. The summed E-state index contributed by atoms with van der Waals surface area (Å²) in [6.07, 6.45) is 2.57. The van der Waals surface area contributed by atoms with Gasteiger partial charge in [-0.3, -0.25) is 4.79 Å². The summed E-state index contributed by atoms with van der Waals surface area (Å²) in [5, 5.41) is 17.5. The standard InChI is InChI=1S/C13H23N3O2S/c1-4-13(5-2,6-7-17)9-15-11(18)10-8-19-12(14-3)16-10/h8,17H,4-7,9H2,1-3H3,(H,14,16)(H,15,18). The maximum absolute atomic E-state index is 12.0. The maximum atomic E-state index is 12.0. The summed E-state index contributed by atoms with van der Waals surface area (Å²) < 4.78 is 0. The van der Waals surface area contributed by atoms with E-state index < -0.39 is 0 Å². The van der Waals surface area contributed by atoms with Crippen LogP contribution in [0.2, 0.25) is 0 Å². The number of rotatable bonds is 8. The van der Waals surface area contributed by atoms with E-state index in [-0.39, 0.29) is 17.9 Å². The zero-order valence-electron chi connectivity index (χ0n) is 11.8. The third-order valence-corrected chi connectivity index (χ3v) is 4.58. The molecule has 3 N–H and O–H groups in total. The van der Waals surface area contributed by atoms with Crippen LogP contribution in [-0.2, 0) is 0 Å². The van der Waals surface area contributed by atoms with Crippen LogP contribution < -0.4 is 10.6 Å². The highest BCUT2D eigenvalue weighted by Gasteiger charge is 2.26. The van der Waals surface area contributed by atoms with Crippen LogP contribution in [0.3, 0.4) is 0 Å². The van der Waals surface area contributed by atoms with Gasteiger partial charge in [-0.15, -0.1) is 11.3 Å². The number of aliphatic hydroxyl groups is 1. The molecule has 1 rings (SSSR count). The molecule has 0 saturated heterocycles. The largest absolute Gasteiger partial charge is 0.396 e. The van der Waals surface area contributed by atoms with Crippen molar-refractivity contribution >= 4 is 22.4 Å². The molecule has 0 aliphatic rings. The number of anilines is 1. The number of thiazole rings is 1. The minimum Gasteiger partial charge on any atom is -0.396 e. The van der Waals surface area contributed by atoms with Crippen molar-refractivity contribution in [3.8, 4) is 0 Å². The molecule has 0 aliphatic carbocycles. The van der Waals surface area contributed by atoms with Crippen LogP contribution in [0.15, 0.2) is 5.38 Å². The van der Waals surface area contributed by atoms with Gasteiger partial charge in [0.15, 0.2) is 5.13 Å². The molecule has 1 aromatic rings. The first kappa shape index (κ1) is 15.9. The number of aliphatic hydroxyl groups excluding tert-OH is 1. The summed E-state index contributed by atoms with van der Waals surface area (Å²) in [6, 6.07) is 0. The molecular formula is C13H23N3O2S. The first-order chi connectivity index (χ1) is 9.10. The summed E-state index contributed by atoms with van der Waals surface area (Å²) >= 11 is 1.41. The van der Waals surface area contributed by atoms with Crippen LogP contribution in [0.25, 0.3) is 0 Å². The van der Waals surface area contributed by atoms with Gasteiger partial charge >= 0.3 is 0 Å². The van der Waals surface area contributed by atoms with Crippen molar-refractivity contribution in [2.45, 2.75) is 33.1 Å². The highest BCUT2D eigenvalue weighted by Crippen LogP contribution is 2.29. The van der Waals surface area contributed by atoms with Crippen LogP contribution >= 0.6 is 11.3 Å². The van der Waals surface area contributed by atoms with E-state index in [9.17, 15) is 4.79 Å². The Morgan fingerprint density at radius 3 is 2.63 bits per heavy atom. The van der Waals surface area contributed by atoms with Gasteiger partial charge in [0.05, 0.1) is 0 Å². The monoisotopic (exact) mass is 285 g/mol. The molecule has 1 amide bonds. The van der Waals surface area contributed by atoms with Crippen molar-refractivity contribution in [2.75, 3.05) is 25.5 Å². The van der Waals surface area contributed by atoms with E-state index in [4.69, 9.17) is 5.11 Å². The lowest BCUT2D eigenvalue weighted by molar-refractivity contribution is 0.0903. The molecule has 5 nitrogen and oxygen atoms in total. The number of carbonyl (C=O) groups is 1. The molecule has 1 aromatic heterocycles. The second-order valence-electron chi connectivity index (χ2n) is 4.65. The summed E-state index contributed by atoms with van der Waals surface area (Å²) in [5.41, 5.74) is 0.422. The van der Waals surface area contributed by atoms with Crippen molar-refractivity contribution in [3.63, 3.8) is 0 Å². The zero-order valence-corrected chi connectivity index (χ0v) is 12.6. The Hall–Kier alpha value is -1.14. The van der Waals surface area contributed by atoms with Crippen molar-refractivity contribution in [1.82, 2.24) is 10.3 Å². The molecule has 0 saturated carbocycles. The van der Waals surface area contributed by atoms with Crippen molar-refractivity contribution in [2.24, 2.45) is 5.41 Å². The Kier molecular flexibility index (Phi) is 6.24. The van der Waals surface area contributed by atoms with E-state index in [2.05, 4.69) is 29.5 Å². The minimum absolute atomic E-state index is 0.0216. The Bertz CT molecular complexity index is 402. The molecule has 0 aliphatic heterocycles. The number of nitrogens with zero attached hydrogens (tertiary/aromatic N) is 1. The number of hydrogen-bond donors (Lipinski definition) is 3. The normalized spacial score (nSPS) is 11.4. The molecule has 0 fully saturated rings. The molecule has 0 unspecified atom stereocenters. The summed E-state index contributed by atoms with van der Waals surface area (Å²) in [4.78, 5) is 16.2. The Morgan fingerprint density at radius 1 is 1.47 bits per heavy atom. The van der Waals surface area contributed by atoms with E-state index in [1.165, 1.54) is 11.3 Å². The fourth-order valence-corrected chi connectivity index (χ4v) is 2.68. The smallest absolute Gasteiger partial charge is 0.270 e. The summed E-state index contributed by atoms with van der Waals surface area (Å²) in [5.74, 6) is -0.151. The van der Waals surface area contributed by atoms with E-state index in [0.717, 1.165) is 18.0 Å². The van der Waals surface area contributed by atoms with Crippen LogP contribution in [0.4, 0.5) is 5.13 Å². The molecule has 0 atom stereocenters. The highest BCUT2D eigenvalue weighted by atomic mass is 32.1. The molecule has 1 heterocycles. The quantitative estimate of drug-likeness (QED) is 0.684. The van der Waals surface area contributed by atoms with Gasteiger partial charge in [0, 0.05) is 25.6 Å². The number of nitrogens with one attached hydrogen (secondary N) is 2. The molecule has 0 radical (unpaired) electrons. The predicted octanol–water partition coefficient (Wildman–Crippen LogP) is 2.10. The van der Waals surface area contributed by atoms with Crippen molar-refractivity contribution < 1.29 is 9.90 Å². The van der Waals surface area contributed by atoms with Crippen LogP contribution in [0, 0.1) is 5.41 Å². The molecule has 0 bridgehead atoms. The number of hydrogen-bond acceptors (Lipinski definition) is 5. The second-order valence-corrected chi connectivity index (χ2v) is 5.51. The SMILES string of the molecule is CCC(CC)(CCO)CNC(=O)c1csc(NC)n1. The average molecular weight is 285 g/mol. The van der Waals surface area contributed by atoms with Crippen molar-refractivity contribution in [1.29, 1.82) is 0 Å². The van der Waals surface area contributed by atoms with Crippen LogP contribution in [0.1, 0.15) is 43.6 Å². The Labute approximate surface area is 118 Å². The maximum Gasteiger partial charge on any atom is 0.270 e. The number of amides is 1. The van der Waals surface area contributed by atoms with E-state index in [1.807, 2.05) is 0 Å². The predicted molar refractivity (Wildman–Crippen MR) is 78.7 cm³/mol. The average Bonchev–Trinajstić information content (AvgIpc) is 2.92. The van der Waals surface area contributed by atoms with Gasteiger partial charge in [0.2, 0.25) is 0 Å². The molecule has 19 heavy (non-hydrogen) atoms. The highest BCUT2D eigenvalue weighted by molar-refractivity contribution is 7.13. The van der Waals surface area contributed by atoms with E-state index >= 15 is 0 Å². The lowest BCUT2D eigenvalue weighted by Crippen LogP contribution is -2.37. The lowest BCUT2D eigenvalue weighted by Gasteiger charge is -2.31. The molecule has 108 valence electrons. The third kappa shape index (κ3) is 4.18. The number of carbonyl (C=O) groups excluding carboxylic acids is 1. The van der Waals surface area contributed by atoms with Gasteiger partial charge in [-0.1, -0.05) is 13.8 Å².